The fraction of sp³-hybridized carbons (Fsp3) is 0.429. The molecule has 0 bridgehead atoms. The van der Waals surface area contributed by atoms with Crippen molar-refractivity contribution in [2.75, 3.05) is 6.16 Å². The quantitative estimate of drug-likeness (QED) is 0.562. The largest absolute Gasteiger partial charge is 0.481 e. The smallest absolute Gasteiger partial charge is 0.333 e. The van der Waals surface area contributed by atoms with Gasteiger partial charge in [0.2, 0.25) is 0 Å². The van der Waals surface area contributed by atoms with E-state index in [1.54, 1.807) is 0 Å². The van der Waals surface area contributed by atoms with E-state index in [0.29, 0.717) is 12.8 Å². The Morgan fingerprint density at radius 1 is 1.18 bits per heavy atom. The molecular formula is C14H19O7P. The summed E-state index contributed by atoms with van der Waals surface area (Å²) in [6, 6.07) is 9.35. The lowest BCUT2D eigenvalue weighted by atomic mass is 10.1. The second kappa shape index (κ2) is 8.68. The van der Waals surface area contributed by atoms with Gasteiger partial charge in [0.05, 0.1) is 6.16 Å². The van der Waals surface area contributed by atoms with Crippen LogP contribution in [-0.2, 0) is 25.1 Å². The first kappa shape index (κ1) is 18.4. The number of carbonyl (C=O) groups is 2. The van der Waals surface area contributed by atoms with Gasteiger partial charge in [0, 0.05) is 6.42 Å². The Morgan fingerprint density at radius 3 is 2.36 bits per heavy atom. The van der Waals surface area contributed by atoms with Crippen LogP contribution >= 0.6 is 7.60 Å². The number of rotatable bonds is 10. The number of carboxylic acids is 2. The van der Waals surface area contributed by atoms with Crippen LogP contribution in [0.15, 0.2) is 30.3 Å². The summed E-state index contributed by atoms with van der Waals surface area (Å²) in [7, 11) is -4.07. The van der Waals surface area contributed by atoms with Crippen LogP contribution in [0.5, 0.6) is 0 Å². The molecule has 1 rings (SSSR count). The van der Waals surface area contributed by atoms with Crippen LogP contribution in [0.4, 0.5) is 0 Å². The minimum Gasteiger partial charge on any atom is -0.481 e. The van der Waals surface area contributed by atoms with Crippen molar-refractivity contribution in [1.29, 1.82) is 0 Å². The highest BCUT2D eigenvalue weighted by Gasteiger charge is 2.29. The molecule has 0 fully saturated rings. The van der Waals surface area contributed by atoms with Crippen molar-refractivity contribution < 1.29 is 33.8 Å². The van der Waals surface area contributed by atoms with Crippen molar-refractivity contribution in [1.82, 2.24) is 0 Å². The van der Waals surface area contributed by atoms with E-state index in [9.17, 15) is 19.0 Å². The first-order chi connectivity index (χ1) is 10.3. The van der Waals surface area contributed by atoms with E-state index >= 15 is 0 Å². The monoisotopic (exact) mass is 330 g/mol. The SMILES string of the molecule is O=C(O)CCC(OP(=O)(O)CCCc1ccccc1)C(=O)O. The number of hydrogen-bond acceptors (Lipinski definition) is 4. The molecular weight excluding hydrogens is 311 g/mol. The van der Waals surface area contributed by atoms with Gasteiger partial charge >= 0.3 is 19.5 Å². The zero-order valence-corrected chi connectivity index (χ0v) is 12.8. The minimum atomic E-state index is -4.07. The van der Waals surface area contributed by atoms with Crippen molar-refractivity contribution in [2.24, 2.45) is 0 Å². The molecule has 0 radical (unpaired) electrons. The van der Waals surface area contributed by atoms with Crippen molar-refractivity contribution in [3.63, 3.8) is 0 Å². The third-order valence-electron chi connectivity index (χ3n) is 2.94. The summed E-state index contributed by atoms with van der Waals surface area (Å²) in [6.07, 6.45) is -1.64. The number of benzene rings is 1. The highest BCUT2D eigenvalue weighted by Crippen LogP contribution is 2.44. The van der Waals surface area contributed by atoms with Crippen molar-refractivity contribution in [3.8, 4) is 0 Å². The molecule has 0 aliphatic carbocycles. The molecule has 0 aliphatic heterocycles. The van der Waals surface area contributed by atoms with Gasteiger partial charge in [-0.2, -0.15) is 0 Å². The van der Waals surface area contributed by atoms with Gasteiger partial charge in [-0.3, -0.25) is 13.9 Å². The molecule has 1 aromatic rings. The summed E-state index contributed by atoms with van der Waals surface area (Å²) in [6.45, 7) is 0. The van der Waals surface area contributed by atoms with Crippen LogP contribution in [0, 0.1) is 0 Å². The van der Waals surface area contributed by atoms with Gasteiger partial charge in [-0.25, -0.2) is 4.79 Å². The molecule has 22 heavy (non-hydrogen) atoms. The van der Waals surface area contributed by atoms with Gasteiger partial charge in [-0.05, 0) is 24.8 Å². The molecule has 0 heterocycles. The Balaban J connectivity index is 2.47. The van der Waals surface area contributed by atoms with Gasteiger partial charge < -0.3 is 15.1 Å². The number of aryl methyl sites for hydroxylation is 1. The van der Waals surface area contributed by atoms with Crippen LogP contribution in [0.1, 0.15) is 24.8 Å². The third-order valence-corrected chi connectivity index (χ3v) is 4.40. The number of carboxylic acid groups (broad SMARTS) is 2. The van der Waals surface area contributed by atoms with E-state index in [1.807, 2.05) is 30.3 Å². The van der Waals surface area contributed by atoms with E-state index < -0.39 is 32.1 Å². The van der Waals surface area contributed by atoms with Crippen LogP contribution in [0.3, 0.4) is 0 Å². The summed E-state index contributed by atoms with van der Waals surface area (Å²) < 4.78 is 16.6. The maximum atomic E-state index is 11.9. The summed E-state index contributed by atoms with van der Waals surface area (Å²) in [4.78, 5) is 31.1. The summed E-state index contributed by atoms with van der Waals surface area (Å²) in [5.41, 5.74) is 1.00. The second-order valence-electron chi connectivity index (χ2n) is 4.81. The third kappa shape index (κ3) is 7.36. The summed E-state index contributed by atoms with van der Waals surface area (Å²) in [5.74, 6) is -2.63. The molecule has 0 amide bonds. The van der Waals surface area contributed by atoms with Crippen LogP contribution < -0.4 is 0 Å². The average molecular weight is 330 g/mol. The Labute approximate surface area is 128 Å². The Hall–Kier alpha value is -1.69. The maximum absolute atomic E-state index is 11.9. The van der Waals surface area contributed by atoms with Gasteiger partial charge in [-0.15, -0.1) is 0 Å². The molecule has 7 nitrogen and oxygen atoms in total. The molecule has 2 unspecified atom stereocenters. The van der Waals surface area contributed by atoms with E-state index in [-0.39, 0.29) is 12.6 Å². The molecule has 0 aliphatic rings. The predicted octanol–water partition coefficient (Wildman–Crippen LogP) is 2.14. The topological polar surface area (TPSA) is 121 Å². The summed E-state index contributed by atoms with van der Waals surface area (Å²) in [5, 5.41) is 17.4. The maximum Gasteiger partial charge on any atom is 0.333 e. The van der Waals surface area contributed by atoms with Crippen LogP contribution in [0.25, 0.3) is 0 Å². The lowest BCUT2D eigenvalue weighted by molar-refractivity contribution is -0.146. The van der Waals surface area contributed by atoms with Crippen molar-refractivity contribution in [3.05, 3.63) is 35.9 Å². The van der Waals surface area contributed by atoms with E-state index in [4.69, 9.17) is 14.7 Å². The molecule has 0 spiro atoms. The predicted molar refractivity (Wildman–Crippen MR) is 78.8 cm³/mol. The minimum absolute atomic E-state index is 0.182. The van der Waals surface area contributed by atoms with Crippen LogP contribution in [0.2, 0.25) is 0 Å². The Morgan fingerprint density at radius 2 is 1.82 bits per heavy atom. The van der Waals surface area contributed by atoms with E-state index in [1.165, 1.54) is 0 Å². The van der Waals surface area contributed by atoms with Gasteiger partial charge in [0.1, 0.15) is 0 Å². The van der Waals surface area contributed by atoms with Gasteiger partial charge in [0.15, 0.2) is 6.10 Å². The highest BCUT2D eigenvalue weighted by atomic mass is 31.2. The molecule has 0 saturated heterocycles. The van der Waals surface area contributed by atoms with Crippen molar-refractivity contribution in [2.45, 2.75) is 31.8 Å². The second-order valence-corrected chi connectivity index (χ2v) is 6.75. The molecule has 0 saturated carbocycles. The summed E-state index contributed by atoms with van der Waals surface area (Å²) >= 11 is 0. The molecule has 2 atom stereocenters. The van der Waals surface area contributed by atoms with Crippen molar-refractivity contribution >= 4 is 19.5 Å². The highest BCUT2D eigenvalue weighted by molar-refractivity contribution is 7.52. The standard InChI is InChI=1S/C14H19O7P/c15-13(16)9-8-12(14(17)18)21-22(19,20)10-4-7-11-5-2-1-3-6-11/h1-3,5-6,12H,4,7-10H2,(H,15,16)(H,17,18)(H,19,20). The van der Waals surface area contributed by atoms with Gasteiger partial charge in [0.25, 0.3) is 0 Å². The first-order valence-corrected chi connectivity index (χ1v) is 8.55. The molecule has 1 aromatic carbocycles. The number of aliphatic carboxylic acids is 2. The normalized spacial score (nSPS) is 15.0. The fourth-order valence-corrected chi connectivity index (χ4v) is 3.11. The molecule has 3 N–H and O–H groups in total. The molecule has 0 aromatic heterocycles. The fourth-order valence-electron chi connectivity index (χ4n) is 1.86. The zero-order chi connectivity index (χ0) is 16.6. The first-order valence-electron chi connectivity index (χ1n) is 6.79. The lowest BCUT2D eigenvalue weighted by Gasteiger charge is -2.17. The average Bonchev–Trinajstić information content (AvgIpc) is 2.44. The Kier molecular flexibility index (Phi) is 7.24. The lowest BCUT2D eigenvalue weighted by Crippen LogP contribution is -2.24. The van der Waals surface area contributed by atoms with E-state index in [2.05, 4.69) is 0 Å². The molecule has 8 heteroatoms. The molecule has 122 valence electrons. The number of hydrogen-bond donors (Lipinski definition) is 3. The zero-order valence-electron chi connectivity index (χ0n) is 11.9. The van der Waals surface area contributed by atoms with Crippen LogP contribution in [-0.4, -0.2) is 39.3 Å². The van der Waals surface area contributed by atoms with E-state index in [0.717, 1.165) is 5.56 Å². The Bertz CT molecular complexity index is 543. The van der Waals surface area contributed by atoms with Gasteiger partial charge in [-0.1, -0.05) is 30.3 Å².